The number of hydrogen-bond donors (Lipinski definition) is 0. The molecule has 0 aliphatic rings. The van der Waals surface area contributed by atoms with E-state index in [1.54, 1.807) is 12.1 Å². The second-order valence-electron chi connectivity index (χ2n) is 4.80. The molecule has 108 valence electrons. The van der Waals surface area contributed by atoms with Crippen LogP contribution in [0.2, 0.25) is 0 Å². The lowest BCUT2D eigenvalue weighted by Crippen LogP contribution is -2.31. The summed E-state index contributed by atoms with van der Waals surface area (Å²) in [4.78, 5) is 2.25. The zero-order valence-electron chi connectivity index (χ0n) is 11.2. The molecule has 1 nitrogen and oxygen atoms in total. The Hall–Kier alpha value is -0.550. The van der Waals surface area contributed by atoms with E-state index in [4.69, 9.17) is 0 Å². The minimum atomic E-state index is -4.26. The van der Waals surface area contributed by atoms with Gasteiger partial charge in [-0.05, 0) is 44.5 Å². The summed E-state index contributed by atoms with van der Waals surface area (Å²) in [7, 11) is 0. The number of nitrogens with zero attached hydrogens (tertiary/aromatic N) is 1. The molecule has 0 fully saturated rings. The van der Waals surface area contributed by atoms with Crippen LogP contribution < -0.4 is 0 Å². The third-order valence-corrected chi connectivity index (χ3v) is 3.54. The maximum atomic E-state index is 12.5. The number of benzene rings is 1. The molecule has 0 aliphatic carbocycles. The van der Waals surface area contributed by atoms with Crippen LogP contribution in [-0.2, 0) is 12.7 Å². The van der Waals surface area contributed by atoms with Crippen molar-refractivity contribution in [2.75, 3.05) is 11.9 Å². The first-order chi connectivity index (χ1) is 8.84. The van der Waals surface area contributed by atoms with E-state index < -0.39 is 11.7 Å². The van der Waals surface area contributed by atoms with Gasteiger partial charge in [-0.1, -0.05) is 28.1 Å². The zero-order valence-corrected chi connectivity index (χ0v) is 12.8. The van der Waals surface area contributed by atoms with Crippen molar-refractivity contribution in [1.82, 2.24) is 4.90 Å². The zero-order chi connectivity index (χ0) is 14.5. The van der Waals surface area contributed by atoms with Crippen LogP contribution in [0.5, 0.6) is 0 Å². The molecule has 0 bridgehead atoms. The number of halogens is 4. The predicted octanol–water partition coefficient (Wildman–Crippen LogP) is 4.70. The molecule has 0 amide bonds. The standard InChI is InChI=1S/C14H19BrF3N/c1-11(2)19(9-3-8-15)10-12-4-6-13(7-5-12)14(16,17)18/h4-7,11H,3,8-10H2,1-2H3. The molecular weight excluding hydrogens is 319 g/mol. The first kappa shape index (κ1) is 16.5. The van der Waals surface area contributed by atoms with Gasteiger partial charge in [-0.3, -0.25) is 4.90 Å². The van der Waals surface area contributed by atoms with E-state index in [1.807, 2.05) is 0 Å². The average Bonchev–Trinajstić information content (AvgIpc) is 2.33. The topological polar surface area (TPSA) is 3.24 Å². The van der Waals surface area contributed by atoms with Crippen molar-refractivity contribution >= 4 is 15.9 Å². The van der Waals surface area contributed by atoms with Crippen molar-refractivity contribution in [3.63, 3.8) is 0 Å². The monoisotopic (exact) mass is 337 g/mol. The molecule has 5 heteroatoms. The minimum Gasteiger partial charge on any atom is -0.297 e. The van der Waals surface area contributed by atoms with Crippen molar-refractivity contribution < 1.29 is 13.2 Å². The Labute approximate surface area is 120 Å². The number of alkyl halides is 4. The van der Waals surface area contributed by atoms with Gasteiger partial charge in [-0.2, -0.15) is 13.2 Å². The molecule has 0 aromatic heterocycles. The van der Waals surface area contributed by atoms with Crippen LogP contribution in [0, 0.1) is 0 Å². The Kier molecular flexibility index (Phi) is 6.33. The molecule has 0 atom stereocenters. The van der Waals surface area contributed by atoms with E-state index in [0.717, 1.165) is 36.0 Å². The third-order valence-electron chi connectivity index (χ3n) is 2.98. The van der Waals surface area contributed by atoms with E-state index in [9.17, 15) is 13.2 Å². The molecule has 1 aromatic rings. The predicted molar refractivity (Wildman–Crippen MR) is 75.4 cm³/mol. The van der Waals surface area contributed by atoms with Gasteiger partial charge in [0.05, 0.1) is 5.56 Å². The Morgan fingerprint density at radius 3 is 2.16 bits per heavy atom. The van der Waals surface area contributed by atoms with E-state index in [0.29, 0.717) is 12.6 Å². The van der Waals surface area contributed by atoms with Crippen LogP contribution in [0.25, 0.3) is 0 Å². The summed E-state index contributed by atoms with van der Waals surface area (Å²) in [6, 6.07) is 5.80. The van der Waals surface area contributed by atoms with E-state index in [2.05, 4.69) is 34.7 Å². The van der Waals surface area contributed by atoms with E-state index in [-0.39, 0.29) is 0 Å². The Morgan fingerprint density at radius 2 is 1.74 bits per heavy atom. The minimum absolute atomic E-state index is 0.376. The number of rotatable bonds is 6. The van der Waals surface area contributed by atoms with Crippen LogP contribution in [0.15, 0.2) is 24.3 Å². The summed E-state index contributed by atoms with van der Waals surface area (Å²) in [6.07, 6.45) is -3.23. The summed E-state index contributed by atoms with van der Waals surface area (Å²) in [6.45, 7) is 5.81. The molecule has 0 spiro atoms. The highest BCUT2D eigenvalue weighted by Gasteiger charge is 2.29. The molecule has 19 heavy (non-hydrogen) atoms. The molecule has 0 N–H and O–H groups in total. The molecule has 0 aliphatic heterocycles. The molecule has 0 heterocycles. The highest BCUT2D eigenvalue weighted by molar-refractivity contribution is 9.09. The van der Waals surface area contributed by atoms with Gasteiger partial charge in [0.15, 0.2) is 0 Å². The highest BCUT2D eigenvalue weighted by atomic mass is 79.9. The molecule has 0 radical (unpaired) electrons. The molecule has 0 unspecified atom stereocenters. The van der Waals surface area contributed by atoms with Gasteiger partial charge in [0, 0.05) is 17.9 Å². The Balaban J connectivity index is 2.69. The first-order valence-corrected chi connectivity index (χ1v) is 7.43. The van der Waals surface area contributed by atoms with Crippen molar-refractivity contribution in [2.24, 2.45) is 0 Å². The van der Waals surface area contributed by atoms with Crippen molar-refractivity contribution in [3.05, 3.63) is 35.4 Å². The molecule has 0 saturated carbocycles. The van der Waals surface area contributed by atoms with E-state index >= 15 is 0 Å². The highest BCUT2D eigenvalue weighted by Crippen LogP contribution is 2.29. The summed E-state index contributed by atoms with van der Waals surface area (Å²) >= 11 is 3.39. The van der Waals surface area contributed by atoms with Gasteiger partial charge in [0.25, 0.3) is 0 Å². The van der Waals surface area contributed by atoms with Crippen LogP contribution in [0.3, 0.4) is 0 Å². The lowest BCUT2D eigenvalue weighted by atomic mass is 10.1. The van der Waals surface area contributed by atoms with Gasteiger partial charge >= 0.3 is 6.18 Å². The average molecular weight is 338 g/mol. The third kappa shape index (κ3) is 5.53. The normalized spacial score (nSPS) is 12.4. The fraction of sp³-hybridized carbons (Fsp3) is 0.571. The first-order valence-electron chi connectivity index (χ1n) is 6.30. The van der Waals surface area contributed by atoms with Crippen molar-refractivity contribution in [3.8, 4) is 0 Å². The second-order valence-corrected chi connectivity index (χ2v) is 5.59. The molecule has 1 rings (SSSR count). The van der Waals surface area contributed by atoms with Crippen LogP contribution in [0.4, 0.5) is 13.2 Å². The van der Waals surface area contributed by atoms with Gasteiger partial charge in [0.2, 0.25) is 0 Å². The maximum absolute atomic E-state index is 12.5. The number of hydrogen-bond acceptors (Lipinski definition) is 1. The molecule has 0 saturated heterocycles. The largest absolute Gasteiger partial charge is 0.416 e. The van der Waals surface area contributed by atoms with Gasteiger partial charge < -0.3 is 0 Å². The Bertz CT molecular complexity index is 373. The summed E-state index contributed by atoms with van der Waals surface area (Å²) < 4.78 is 37.4. The lowest BCUT2D eigenvalue weighted by molar-refractivity contribution is -0.137. The van der Waals surface area contributed by atoms with Crippen molar-refractivity contribution in [2.45, 2.75) is 39.0 Å². The maximum Gasteiger partial charge on any atom is 0.416 e. The second kappa shape index (κ2) is 7.29. The summed E-state index contributed by atoms with van der Waals surface area (Å²) in [5.74, 6) is 0. The van der Waals surface area contributed by atoms with Crippen LogP contribution in [-0.4, -0.2) is 22.8 Å². The van der Waals surface area contributed by atoms with Crippen molar-refractivity contribution in [1.29, 1.82) is 0 Å². The smallest absolute Gasteiger partial charge is 0.297 e. The molecule has 1 aromatic carbocycles. The summed E-state index contributed by atoms with van der Waals surface area (Å²) in [5, 5.41) is 0.934. The molecular formula is C14H19BrF3N. The van der Waals surface area contributed by atoms with Gasteiger partial charge in [0.1, 0.15) is 0 Å². The van der Waals surface area contributed by atoms with Crippen LogP contribution in [0.1, 0.15) is 31.4 Å². The fourth-order valence-corrected chi connectivity index (χ4v) is 2.07. The fourth-order valence-electron chi connectivity index (χ4n) is 1.82. The quantitative estimate of drug-likeness (QED) is 0.680. The lowest BCUT2D eigenvalue weighted by Gasteiger charge is -2.26. The van der Waals surface area contributed by atoms with E-state index in [1.165, 1.54) is 0 Å². The van der Waals surface area contributed by atoms with Gasteiger partial charge in [-0.25, -0.2) is 0 Å². The van der Waals surface area contributed by atoms with Gasteiger partial charge in [-0.15, -0.1) is 0 Å². The van der Waals surface area contributed by atoms with Crippen LogP contribution >= 0.6 is 15.9 Å². The SMILES string of the molecule is CC(C)N(CCCBr)Cc1ccc(C(F)(F)F)cc1. The summed E-state index contributed by atoms with van der Waals surface area (Å²) in [5.41, 5.74) is 0.323. The Morgan fingerprint density at radius 1 is 1.16 bits per heavy atom.